The summed E-state index contributed by atoms with van der Waals surface area (Å²) in [5.41, 5.74) is 1.20. The number of H-pyrrole nitrogens is 1. The first kappa shape index (κ1) is 15.7. The van der Waals surface area contributed by atoms with Crippen LogP contribution in [0.3, 0.4) is 0 Å². The van der Waals surface area contributed by atoms with E-state index in [-0.39, 0.29) is 11.5 Å². The second-order valence-electron chi connectivity index (χ2n) is 4.74. The Kier molecular flexibility index (Phi) is 5.11. The van der Waals surface area contributed by atoms with Crippen LogP contribution in [0, 0.1) is 6.92 Å². The number of aromatic amines is 1. The quantitative estimate of drug-likeness (QED) is 0.668. The Hall–Kier alpha value is -1.70. The molecule has 0 fully saturated rings. The van der Waals surface area contributed by atoms with Gasteiger partial charge in [-0.05, 0) is 30.5 Å². The normalized spacial score (nSPS) is 11.7. The van der Waals surface area contributed by atoms with Gasteiger partial charge in [0.1, 0.15) is 5.82 Å². The highest BCUT2D eigenvalue weighted by Crippen LogP contribution is 2.18. The van der Waals surface area contributed by atoms with Crippen LogP contribution in [0.15, 0.2) is 35.5 Å². The van der Waals surface area contributed by atoms with Crippen molar-refractivity contribution in [2.24, 2.45) is 0 Å². The Morgan fingerprint density at radius 3 is 2.86 bits per heavy atom. The van der Waals surface area contributed by atoms with Gasteiger partial charge < -0.3 is 10.1 Å². The van der Waals surface area contributed by atoms with E-state index in [1.54, 1.807) is 37.5 Å². The van der Waals surface area contributed by atoms with E-state index in [1.807, 2.05) is 0 Å². The maximum atomic E-state index is 12.3. The first-order valence-corrected chi connectivity index (χ1v) is 8.20. The summed E-state index contributed by atoms with van der Waals surface area (Å²) in [7, 11) is -3.56. The number of aliphatic hydroxyl groups excluding tert-OH is 1. The molecule has 6 nitrogen and oxygen atoms in total. The summed E-state index contributed by atoms with van der Waals surface area (Å²) in [5.74, 6) is 0.840. The van der Waals surface area contributed by atoms with Gasteiger partial charge in [-0.2, -0.15) is 0 Å². The molecule has 21 heavy (non-hydrogen) atoms. The Bertz CT molecular complexity index is 681. The molecule has 0 aliphatic carbocycles. The molecule has 2 rings (SSSR count). The molecule has 3 N–H and O–H groups in total. The largest absolute Gasteiger partial charge is 0.392 e. The summed E-state index contributed by atoms with van der Waals surface area (Å²) < 4.78 is 27.1. The van der Waals surface area contributed by atoms with Crippen LogP contribution >= 0.6 is 0 Å². The highest BCUT2D eigenvalue weighted by molar-refractivity contribution is 7.89. The molecule has 7 heteroatoms. The molecule has 0 radical (unpaired) electrons. The fourth-order valence-electron chi connectivity index (χ4n) is 2.10. The number of aryl methyl sites for hydroxylation is 1. The van der Waals surface area contributed by atoms with Gasteiger partial charge in [-0.25, -0.2) is 18.1 Å². The van der Waals surface area contributed by atoms with Crippen LogP contribution in [0.5, 0.6) is 0 Å². The van der Waals surface area contributed by atoms with Crippen LogP contribution in [-0.4, -0.2) is 30.0 Å². The number of imidazole rings is 1. The molecule has 114 valence electrons. The lowest BCUT2D eigenvalue weighted by Crippen LogP contribution is -2.26. The monoisotopic (exact) mass is 309 g/mol. The SMILES string of the molecule is Cc1c(CO)cccc1S(=O)(=O)NCCCc1ncc[nH]1. The third kappa shape index (κ3) is 3.90. The van der Waals surface area contributed by atoms with E-state index in [0.29, 0.717) is 30.5 Å². The number of nitrogens with one attached hydrogen (secondary N) is 2. The molecule has 0 saturated heterocycles. The lowest BCUT2D eigenvalue weighted by molar-refractivity contribution is 0.280. The highest BCUT2D eigenvalue weighted by Gasteiger charge is 2.17. The fraction of sp³-hybridized carbons (Fsp3) is 0.357. The third-order valence-electron chi connectivity index (χ3n) is 3.29. The maximum absolute atomic E-state index is 12.3. The summed E-state index contributed by atoms with van der Waals surface area (Å²) in [6.45, 7) is 1.86. The Balaban J connectivity index is 1.98. The number of nitrogens with zero attached hydrogens (tertiary/aromatic N) is 1. The molecular weight excluding hydrogens is 290 g/mol. The van der Waals surface area contributed by atoms with Crippen molar-refractivity contribution in [3.63, 3.8) is 0 Å². The molecule has 1 heterocycles. The van der Waals surface area contributed by atoms with Crippen LogP contribution < -0.4 is 4.72 Å². The predicted molar refractivity (Wildman–Crippen MR) is 79.2 cm³/mol. The molecule has 0 amide bonds. The van der Waals surface area contributed by atoms with Crippen molar-refractivity contribution in [3.05, 3.63) is 47.5 Å². The van der Waals surface area contributed by atoms with Crippen molar-refractivity contribution in [1.82, 2.24) is 14.7 Å². The molecule has 1 aromatic carbocycles. The topological polar surface area (TPSA) is 95.1 Å². The van der Waals surface area contributed by atoms with E-state index in [9.17, 15) is 13.5 Å². The number of rotatable bonds is 7. The molecule has 1 aromatic heterocycles. The molecule has 0 aliphatic rings. The second kappa shape index (κ2) is 6.84. The third-order valence-corrected chi connectivity index (χ3v) is 4.90. The summed E-state index contributed by atoms with van der Waals surface area (Å²) in [6.07, 6.45) is 4.75. The Labute approximate surface area is 124 Å². The summed E-state index contributed by atoms with van der Waals surface area (Å²) in [5, 5.41) is 9.20. The van der Waals surface area contributed by atoms with Crippen molar-refractivity contribution in [1.29, 1.82) is 0 Å². The molecule has 0 aliphatic heterocycles. The van der Waals surface area contributed by atoms with Crippen molar-refractivity contribution < 1.29 is 13.5 Å². The lowest BCUT2D eigenvalue weighted by atomic mass is 10.1. The van der Waals surface area contributed by atoms with Gasteiger partial charge in [0, 0.05) is 25.4 Å². The van der Waals surface area contributed by atoms with Crippen LogP contribution in [0.2, 0.25) is 0 Å². The molecular formula is C14H19N3O3S. The first-order valence-electron chi connectivity index (χ1n) is 6.72. The average molecular weight is 309 g/mol. The zero-order chi connectivity index (χ0) is 15.3. The van der Waals surface area contributed by atoms with Crippen molar-refractivity contribution in [2.45, 2.75) is 31.3 Å². The molecule has 0 spiro atoms. The summed E-state index contributed by atoms with van der Waals surface area (Å²) in [6, 6.07) is 4.89. The first-order chi connectivity index (χ1) is 10.0. The van der Waals surface area contributed by atoms with E-state index >= 15 is 0 Å². The molecule has 2 aromatic rings. The molecule has 0 atom stereocenters. The van der Waals surface area contributed by atoms with E-state index < -0.39 is 10.0 Å². The number of sulfonamides is 1. The highest BCUT2D eigenvalue weighted by atomic mass is 32.2. The predicted octanol–water partition coefficient (Wildman–Crippen LogP) is 1.12. The van der Waals surface area contributed by atoms with Crippen LogP contribution in [0.4, 0.5) is 0 Å². The lowest BCUT2D eigenvalue weighted by Gasteiger charge is -2.11. The number of hydrogen-bond acceptors (Lipinski definition) is 4. The number of benzene rings is 1. The van der Waals surface area contributed by atoms with Gasteiger partial charge in [-0.15, -0.1) is 0 Å². The van der Waals surface area contributed by atoms with Crippen LogP contribution in [-0.2, 0) is 23.1 Å². The minimum atomic E-state index is -3.56. The van der Waals surface area contributed by atoms with Crippen LogP contribution in [0.25, 0.3) is 0 Å². The van der Waals surface area contributed by atoms with Crippen molar-refractivity contribution in [2.75, 3.05) is 6.54 Å². The number of hydrogen-bond donors (Lipinski definition) is 3. The molecule has 0 bridgehead atoms. The fourth-order valence-corrected chi connectivity index (χ4v) is 3.46. The maximum Gasteiger partial charge on any atom is 0.240 e. The van der Waals surface area contributed by atoms with Gasteiger partial charge in [0.2, 0.25) is 10.0 Å². The van der Waals surface area contributed by atoms with Crippen LogP contribution in [0.1, 0.15) is 23.4 Å². The Morgan fingerprint density at radius 2 is 2.19 bits per heavy atom. The van der Waals surface area contributed by atoms with Gasteiger partial charge >= 0.3 is 0 Å². The van der Waals surface area contributed by atoms with Gasteiger partial charge in [0.15, 0.2) is 0 Å². The number of aromatic nitrogens is 2. The second-order valence-corrected chi connectivity index (χ2v) is 6.47. The zero-order valence-corrected chi connectivity index (χ0v) is 12.7. The summed E-state index contributed by atoms with van der Waals surface area (Å²) in [4.78, 5) is 7.27. The standard InChI is InChI=1S/C14H19N3O3S/c1-11-12(10-18)4-2-5-13(11)21(19,20)17-7-3-6-14-15-8-9-16-14/h2,4-5,8-9,17-18H,3,6-7,10H2,1H3,(H,15,16). The van der Waals surface area contributed by atoms with Gasteiger partial charge in [-0.1, -0.05) is 12.1 Å². The van der Waals surface area contributed by atoms with Crippen molar-refractivity contribution >= 4 is 10.0 Å². The van der Waals surface area contributed by atoms with E-state index in [0.717, 1.165) is 5.82 Å². The minimum Gasteiger partial charge on any atom is -0.392 e. The van der Waals surface area contributed by atoms with Crippen molar-refractivity contribution in [3.8, 4) is 0 Å². The van der Waals surface area contributed by atoms with Gasteiger partial charge in [-0.3, -0.25) is 0 Å². The minimum absolute atomic E-state index is 0.173. The Morgan fingerprint density at radius 1 is 1.38 bits per heavy atom. The van der Waals surface area contributed by atoms with Gasteiger partial charge in [0.25, 0.3) is 0 Å². The smallest absolute Gasteiger partial charge is 0.240 e. The molecule has 0 unspecified atom stereocenters. The van der Waals surface area contributed by atoms with E-state index in [1.165, 1.54) is 0 Å². The van der Waals surface area contributed by atoms with E-state index in [4.69, 9.17) is 0 Å². The summed E-state index contributed by atoms with van der Waals surface area (Å²) >= 11 is 0. The van der Waals surface area contributed by atoms with Gasteiger partial charge in [0.05, 0.1) is 11.5 Å². The number of aliphatic hydroxyl groups is 1. The zero-order valence-electron chi connectivity index (χ0n) is 11.8. The molecule has 0 saturated carbocycles. The average Bonchev–Trinajstić information content (AvgIpc) is 2.97. The van der Waals surface area contributed by atoms with E-state index in [2.05, 4.69) is 14.7 Å².